The number of benzene rings is 1. The Morgan fingerprint density at radius 1 is 1.23 bits per heavy atom. The van der Waals surface area contributed by atoms with Crippen LogP contribution >= 0.6 is 11.3 Å². The van der Waals surface area contributed by atoms with Crippen LogP contribution in [-0.4, -0.2) is 55.0 Å². The highest BCUT2D eigenvalue weighted by Crippen LogP contribution is 2.29. The maximum absolute atomic E-state index is 13.2. The fourth-order valence-electron chi connectivity index (χ4n) is 3.83. The molecule has 30 heavy (non-hydrogen) atoms. The van der Waals surface area contributed by atoms with Gasteiger partial charge >= 0.3 is 0 Å². The average Bonchev–Trinajstić information content (AvgIpc) is 3.32. The van der Waals surface area contributed by atoms with Crippen LogP contribution in [0.3, 0.4) is 0 Å². The summed E-state index contributed by atoms with van der Waals surface area (Å²) in [7, 11) is 1.62. The van der Waals surface area contributed by atoms with E-state index in [1.54, 1.807) is 7.11 Å². The van der Waals surface area contributed by atoms with Gasteiger partial charge in [-0.05, 0) is 55.8 Å². The van der Waals surface area contributed by atoms with Gasteiger partial charge in [0.2, 0.25) is 5.91 Å². The van der Waals surface area contributed by atoms with E-state index in [1.165, 1.54) is 11.3 Å². The highest BCUT2D eigenvalue weighted by Gasteiger charge is 2.31. The van der Waals surface area contributed by atoms with Crippen molar-refractivity contribution >= 4 is 23.2 Å². The first kappa shape index (κ1) is 22.2. The predicted octanol–water partition coefficient (Wildman–Crippen LogP) is 4.06. The average molecular weight is 431 g/mol. The molecule has 6 nitrogen and oxygen atoms in total. The molecular weight excluding hydrogens is 400 g/mol. The second kappa shape index (κ2) is 10.5. The van der Waals surface area contributed by atoms with Gasteiger partial charge in [-0.15, -0.1) is 11.3 Å². The quantitative estimate of drug-likeness (QED) is 0.634. The van der Waals surface area contributed by atoms with E-state index in [0.29, 0.717) is 44.3 Å². The summed E-state index contributed by atoms with van der Waals surface area (Å²) in [4.78, 5) is 30.4. The number of hydrogen-bond acceptors (Lipinski definition) is 5. The molecule has 0 aliphatic carbocycles. The standard InChI is InChI=1S/C23H30N2O4S/c1-4-24(15-17-10-11-19(29-5-2)20(14-17)28-3)22(26)18-8-6-12-25(16-18)23(27)21-9-7-13-30-21/h7,9-11,13-14,18H,4-6,8,12,15-16H2,1-3H3. The van der Waals surface area contributed by atoms with E-state index in [1.807, 2.05) is 59.4 Å². The van der Waals surface area contributed by atoms with Gasteiger partial charge < -0.3 is 19.3 Å². The van der Waals surface area contributed by atoms with Crippen molar-refractivity contribution in [3.8, 4) is 11.5 Å². The minimum atomic E-state index is -0.160. The minimum Gasteiger partial charge on any atom is -0.493 e. The number of piperidine rings is 1. The summed E-state index contributed by atoms with van der Waals surface area (Å²) in [5, 5.41) is 1.91. The SMILES string of the molecule is CCOc1ccc(CN(CC)C(=O)C2CCCN(C(=O)c3cccs3)C2)cc1OC. The van der Waals surface area contributed by atoms with E-state index < -0.39 is 0 Å². The topological polar surface area (TPSA) is 59.1 Å². The summed E-state index contributed by atoms with van der Waals surface area (Å²) in [5.74, 6) is 1.35. The van der Waals surface area contributed by atoms with Gasteiger partial charge in [-0.3, -0.25) is 9.59 Å². The third kappa shape index (κ3) is 5.14. The number of methoxy groups -OCH3 is 1. The van der Waals surface area contributed by atoms with Gasteiger partial charge in [-0.2, -0.15) is 0 Å². The Hall–Kier alpha value is -2.54. The van der Waals surface area contributed by atoms with Gasteiger partial charge in [-0.1, -0.05) is 12.1 Å². The molecule has 0 saturated carbocycles. The lowest BCUT2D eigenvalue weighted by Gasteiger charge is -2.34. The summed E-state index contributed by atoms with van der Waals surface area (Å²) in [6.07, 6.45) is 1.66. The van der Waals surface area contributed by atoms with Gasteiger partial charge in [-0.25, -0.2) is 0 Å². The van der Waals surface area contributed by atoms with Crippen molar-refractivity contribution in [2.45, 2.75) is 33.2 Å². The van der Waals surface area contributed by atoms with Crippen LogP contribution in [0.25, 0.3) is 0 Å². The molecule has 7 heteroatoms. The Bertz CT molecular complexity index is 853. The third-order valence-electron chi connectivity index (χ3n) is 5.38. The summed E-state index contributed by atoms with van der Waals surface area (Å²) in [6.45, 7) is 6.80. The second-order valence-electron chi connectivity index (χ2n) is 7.34. The zero-order valence-electron chi connectivity index (χ0n) is 17.9. The van der Waals surface area contributed by atoms with Gasteiger partial charge in [0.1, 0.15) is 0 Å². The Morgan fingerprint density at radius 3 is 2.73 bits per heavy atom. The van der Waals surface area contributed by atoms with Crippen LogP contribution in [0, 0.1) is 5.92 Å². The first-order valence-corrected chi connectivity index (χ1v) is 11.4. The van der Waals surface area contributed by atoms with Crippen molar-refractivity contribution in [3.05, 3.63) is 46.2 Å². The Morgan fingerprint density at radius 2 is 2.07 bits per heavy atom. The number of carbonyl (C=O) groups is 2. The van der Waals surface area contributed by atoms with Crippen LogP contribution < -0.4 is 9.47 Å². The summed E-state index contributed by atoms with van der Waals surface area (Å²) in [5.41, 5.74) is 0.993. The molecule has 162 valence electrons. The number of carbonyl (C=O) groups excluding carboxylic acids is 2. The normalized spacial score (nSPS) is 16.2. The molecule has 2 heterocycles. The molecule has 1 aliphatic heterocycles. The Balaban J connectivity index is 1.67. The summed E-state index contributed by atoms with van der Waals surface area (Å²) in [6, 6.07) is 9.51. The van der Waals surface area contributed by atoms with Crippen LogP contribution in [0.1, 0.15) is 41.9 Å². The molecule has 0 bridgehead atoms. The number of ether oxygens (including phenoxy) is 2. The Labute approximate surface area is 182 Å². The van der Waals surface area contributed by atoms with Crippen molar-refractivity contribution in [2.75, 3.05) is 33.4 Å². The molecule has 3 rings (SSSR count). The third-order valence-corrected chi connectivity index (χ3v) is 6.24. The van der Waals surface area contributed by atoms with E-state index >= 15 is 0 Å². The van der Waals surface area contributed by atoms with Gasteiger partial charge in [0.15, 0.2) is 11.5 Å². The molecule has 1 saturated heterocycles. The summed E-state index contributed by atoms with van der Waals surface area (Å²) < 4.78 is 11.0. The molecule has 2 amide bonds. The van der Waals surface area contributed by atoms with Crippen LogP contribution in [0.2, 0.25) is 0 Å². The number of thiophene rings is 1. The zero-order valence-corrected chi connectivity index (χ0v) is 18.7. The second-order valence-corrected chi connectivity index (χ2v) is 8.29. The number of rotatable bonds is 8. The fraction of sp³-hybridized carbons (Fsp3) is 0.478. The maximum atomic E-state index is 13.2. The van der Waals surface area contributed by atoms with Crippen molar-refractivity contribution in [3.63, 3.8) is 0 Å². The molecular formula is C23H30N2O4S. The first-order valence-electron chi connectivity index (χ1n) is 10.5. The molecule has 0 N–H and O–H groups in total. The van der Waals surface area contributed by atoms with Gasteiger partial charge in [0.05, 0.1) is 24.5 Å². The molecule has 1 unspecified atom stereocenters. The molecule has 2 aromatic rings. The van der Waals surface area contributed by atoms with Gasteiger partial charge in [0, 0.05) is 26.2 Å². The number of amides is 2. The minimum absolute atomic E-state index is 0.0294. The van der Waals surface area contributed by atoms with Crippen LogP contribution in [-0.2, 0) is 11.3 Å². The molecule has 1 aromatic carbocycles. The molecule has 1 aromatic heterocycles. The van der Waals surface area contributed by atoms with Gasteiger partial charge in [0.25, 0.3) is 5.91 Å². The van der Waals surface area contributed by atoms with E-state index in [-0.39, 0.29) is 17.7 Å². The predicted molar refractivity (Wildman–Crippen MR) is 118 cm³/mol. The van der Waals surface area contributed by atoms with Crippen molar-refractivity contribution in [1.82, 2.24) is 9.80 Å². The lowest BCUT2D eigenvalue weighted by molar-refractivity contribution is -0.137. The maximum Gasteiger partial charge on any atom is 0.263 e. The Kier molecular flexibility index (Phi) is 7.74. The molecule has 0 spiro atoms. The van der Waals surface area contributed by atoms with Crippen molar-refractivity contribution in [1.29, 1.82) is 0 Å². The highest BCUT2D eigenvalue weighted by atomic mass is 32.1. The lowest BCUT2D eigenvalue weighted by atomic mass is 9.96. The van der Waals surface area contributed by atoms with Crippen molar-refractivity contribution < 1.29 is 19.1 Å². The van der Waals surface area contributed by atoms with Crippen LogP contribution in [0.15, 0.2) is 35.7 Å². The van der Waals surface area contributed by atoms with E-state index in [4.69, 9.17) is 9.47 Å². The van der Waals surface area contributed by atoms with Crippen LogP contribution in [0.4, 0.5) is 0 Å². The van der Waals surface area contributed by atoms with E-state index in [9.17, 15) is 9.59 Å². The molecule has 1 aliphatic rings. The molecule has 1 atom stereocenters. The lowest BCUT2D eigenvalue weighted by Crippen LogP contribution is -2.46. The molecule has 0 radical (unpaired) electrons. The first-order chi connectivity index (χ1) is 14.6. The molecule has 1 fully saturated rings. The number of likely N-dealkylation sites (tertiary alicyclic amines) is 1. The fourth-order valence-corrected chi connectivity index (χ4v) is 4.52. The zero-order chi connectivity index (χ0) is 21.5. The van der Waals surface area contributed by atoms with E-state index in [0.717, 1.165) is 23.3 Å². The number of nitrogens with zero attached hydrogens (tertiary/aromatic N) is 2. The monoisotopic (exact) mass is 430 g/mol. The van der Waals surface area contributed by atoms with E-state index in [2.05, 4.69) is 0 Å². The van der Waals surface area contributed by atoms with Crippen molar-refractivity contribution in [2.24, 2.45) is 5.92 Å². The smallest absolute Gasteiger partial charge is 0.263 e. The number of hydrogen-bond donors (Lipinski definition) is 0. The highest BCUT2D eigenvalue weighted by molar-refractivity contribution is 7.12. The van der Waals surface area contributed by atoms with Crippen LogP contribution in [0.5, 0.6) is 11.5 Å². The largest absolute Gasteiger partial charge is 0.493 e. The summed E-state index contributed by atoms with van der Waals surface area (Å²) >= 11 is 1.45.